The van der Waals surface area contributed by atoms with E-state index in [9.17, 15) is 4.79 Å². The van der Waals surface area contributed by atoms with Gasteiger partial charge in [0, 0.05) is 25.2 Å². The Morgan fingerprint density at radius 1 is 1.21 bits per heavy atom. The molecule has 1 aliphatic rings. The molecular formula is C16H23NO2. The molecule has 3 heteroatoms. The van der Waals surface area contributed by atoms with Gasteiger partial charge >= 0.3 is 0 Å². The average molecular weight is 261 g/mol. The fraction of sp³-hybridized carbons (Fsp3) is 0.562. The first kappa shape index (κ1) is 14.1. The van der Waals surface area contributed by atoms with Gasteiger partial charge in [0.2, 0.25) is 0 Å². The Morgan fingerprint density at radius 2 is 1.84 bits per heavy atom. The Balaban J connectivity index is 1.74. The standard InChI is InChI=1S/C16H23NO2/c1-13-9-14(2)11-17(10-13)7-8-19-16-5-3-15(12-18)4-6-16/h3-6,12-14H,7-11H2,1-2H3/t13-,14+. The number of hydrogen-bond donors (Lipinski definition) is 0. The van der Waals surface area contributed by atoms with Gasteiger partial charge in [0.05, 0.1) is 0 Å². The summed E-state index contributed by atoms with van der Waals surface area (Å²) in [6.45, 7) is 8.68. The number of carbonyl (C=O) groups excluding carboxylic acids is 1. The summed E-state index contributed by atoms with van der Waals surface area (Å²) in [6, 6.07) is 7.27. The van der Waals surface area contributed by atoms with Gasteiger partial charge in [0.25, 0.3) is 0 Å². The van der Waals surface area contributed by atoms with Crippen LogP contribution in [0.25, 0.3) is 0 Å². The lowest BCUT2D eigenvalue weighted by Crippen LogP contribution is -2.40. The fourth-order valence-corrected chi connectivity index (χ4v) is 2.91. The Labute approximate surface area is 115 Å². The molecule has 0 radical (unpaired) electrons. The maximum atomic E-state index is 10.6. The van der Waals surface area contributed by atoms with E-state index in [0.29, 0.717) is 12.2 Å². The summed E-state index contributed by atoms with van der Waals surface area (Å²) in [6.07, 6.45) is 2.19. The van der Waals surface area contributed by atoms with Crippen LogP contribution in [0.4, 0.5) is 0 Å². The lowest BCUT2D eigenvalue weighted by molar-refractivity contribution is 0.112. The van der Waals surface area contributed by atoms with Gasteiger partial charge in [0.15, 0.2) is 0 Å². The molecule has 0 N–H and O–H groups in total. The summed E-state index contributed by atoms with van der Waals surface area (Å²) in [5, 5.41) is 0. The molecular weight excluding hydrogens is 238 g/mol. The van der Waals surface area contributed by atoms with Crippen molar-refractivity contribution in [3.63, 3.8) is 0 Å². The molecule has 0 unspecified atom stereocenters. The molecule has 1 heterocycles. The van der Waals surface area contributed by atoms with Crippen LogP contribution >= 0.6 is 0 Å². The second-order valence-corrected chi connectivity index (χ2v) is 5.74. The number of aldehydes is 1. The van der Waals surface area contributed by atoms with Crippen LogP contribution in [0.1, 0.15) is 30.6 Å². The highest BCUT2D eigenvalue weighted by molar-refractivity contribution is 5.74. The molecule has 0 saturated carbocycles. The maximum absolute atomic E-state index is 10.6. The zero-order chi connectivity index (χ0) is 13.7. The van der Waals surface area contributed by atoms with Crippen LogP contribution < -0.4 is 4.74 Å². The van der Waals surface area contributed by atoms with Crippen molar-refractivity contribution in [2.24, 2.45) is 11.8 Å². The topological polar surface area (TPSA) is 29.5 Å². The van der Waals surface area contributed by atoms with Crippen LogP contribution in [0.15, 0.2) is 24.3 Å². The van der Waals surface area contributed by atoms with E-state index < -0.39 is 0 Å². The predicted octanol–water partition coefficient (Wildman–Crippen LogP) is 2.86. The van der Waals surface area contributed by atoms with Crippen LogP contribution in [0, 0.1) is 11.8 Å². The van der Waals surface area contributed by atoms with Gasteiger partial charge in [-0.1, -0.05) is 13.8 Å². The van der Waals surface area contributed by atoms with E-state index in [4.69, 9.17) is 4.74 Å². The van der Waals surface area contributed by atoms with E-state index in [-0.39, 0.29) is 0 Å². The molecule has 0 spiro atoms. The summed E-state index contributed by atoms with van der Waals surface area (Å²) in [5.41, 5.74) is 0.686. The largest absolute Gasteiger partial charge is 0.492 e. The first-order valence-corrected chi connectivity index (χ1v) is 7.07. The minimum Gasteiger partial charge on any atom is -0.492 e. The van der Waals surface area contributed by atoms with E-state index in [1.54, 1.807) is 12.1 Å². The summed E-state index contributed by atoms with van der Waals surface area (Å²) in [4.78, 5) is 13.0. The third-order valence-electron chi connectivity index (χ3n) is 3.64. The predicted molar refractivity (Wildman–Crippen MR) is 76.7 cm³/mol. The Kier molecular flexibility index (Phi) is 4.97. The second-order valence-electron chi connectivity index (χ2n) is 5.74. The first-order chi connectivity index (χ1) is 9.17. The van der Waals surface area contributed by atoms with E-state index in [0.717, 1.165) is 30.4 Å². The smallest absolute Gasteiger partial charge is 0.150 e. The summed E-state index contributed by atoms with van der Waals surface area (Å²) < 4.78 is 5.72. The molecule has 1 fully saturated rings. The molecule has 0 aromatic heterocycles. The summed E-state index contributed by atoms with van der Waals surface area (Å²) in [7, 11) is 0. The molecule has 19 heavy (non-hydrogen) atoms. The van der Waals surface area contributed by atoms with Gasteiger partial charge in [-0.2, -0.15) is 0 Å². The number of carbonyl (C=O) groups is 1. The highest BCUT2D eigenvalue weighted by atomic mass is 16.5. The molecule has 0 aliphatic carbocycles. The molecule has 3 nitrogen and oxygen atoms in total. The fourth-order valence-electron chi connectivity index (χ4n) is 2.91. The Bertz CT molecular complexity index is 392. The maximum Gasteiger partial charge on any atom is 0.150 e. The van der Waals surface area contributed by atoms with E-state index >= 15 is 0 Å². The number of rotatable bonds is 5. The Hall–Kier alpha value is -1.35. The van der Waals surface area contributed by atoms with Crippen molar-refractivity contribution in [2.75, 3.05) is 26.2 Å². The zero-order valence-electron chi connectivity index (χ0n) is 11.8. The van der Waals surface area contributed by atoms with Gasteiger partial charge in [-0.25, -0.2) is 0 Å². The summed E-state index contributed by atoms with van der Waals surface area (Å²) >= 11 is 0. The molecule has 2 rings (SSSR count). The molecule has 1 saturated heterocycles. The third-order valence-corrected chi connectivity index (χ3v) is 3.64. The van der Waals surface area contributed by atoms with E-state index in [2.05, 4.69) is 18.7 Å². The number of benzene rings is 1. The molecule has 0 amide bonds. The Morgan fingerprint density at radius 3 is 2.42 bits per heavy atom. The highest BCUT2D eigenvalue weighted by Gasteiger charge is 2.21. The van der Waals surface area contributed by atoms with Crippen molar-refractivity contribution in [3.05, 3.63) is 29.8 Å². The average Bonchev–Trinajstić information content (AvgIpc) is 2.38. The van der Waals surface area contributed by atoms with Gasteiger partial charge < -0.3 is 4.74 Å². The molecule has 2 atom stereocenters. The van der Waals surface area contributed by atoms with Crippen molar-refractivity contribution in [3.8, 4) is 5.75 Å². The minimum absolute atomic E-state index is 0.686. The van der Waals surface area contributed by atoms with Crippen molar-refractivity contribution in [1.29, 1.82) is 0 Å². The van der Waals surface area contributed by atoms with Gasteiger partial charge in [-0.3, -0.25) is 9.69 Å². The normalized spacial score (nSPS) is 24.1. The van der Waals surface area contributed by atoms with Crippen LogP contribution in [0.5, 0.6) is 5.75 Å². The molecule has 104 valence electrons. The second kappa shape index (κ2) is 6.71. The number of likely N-dealkylation sites (tertiary alicyclic amines) is 1. The third kappa shape index (κ3) is 4.35. The van der Waals surface area contributed by atoms with Crippen LogP contribution in [0.2, 0.25) is 0 Å². The SMILES string of the molecule is C[C@@H]1C[C@H](C)CN(CCOc2ccc(C=O)cc2)C1. The molecule has 1 aromatic carbocycles. The van der Waals surface area contributed by atoms with Crippen molar-refractivity contribution in [2.45, 2.75) is 20.3 Å². The van der Waals surface area contributed by atoms with E-state index in [1.807, 2.05) is 12.1 Å². The van der Waals surface area contributed by atoms with Crippen LogP contribution in [-0.2, 0) is 0 Å². The first-order valence-electron chi connectivity index (χ1n) is 7.07. The number of nitrogens with zero attached hydrogens (tertiary/aromatic N) is 1. The molecule has 0 bridgehead atoms. The quantitative estimate of drug-likeness (QED) is 0.763. The summed E-state index contributed by atoms with van der Waals surface area (Å²) in [5.74, 6) is 2.41. The lowest BCUT2D eigenvalue weighted by Gasteiger charge is -2.34. The van der Waals surface area contributed by atoms with Gasteiger partial charge in [0.1, 0.15) is 18.6 Å². The lowest BCUT2D eigenvalue weighted by atomic mass is 9.92. The highest BCUT2D eigenvalue weighted by Crippen LogP contribution is 2.20. The van der Waals surface area contributed by atoms with Gasteiger partial charge in [-0.15, -0.1) is 0 Å². The minimum atomic E-state index is 0.686. The van der Waals surface area contributed by atoms with Crippen molar-refractivity contribution >= 4 is 6.29 Å². The van der Waals surface area contributed by atoms with Crippen LogP contribution in [-0.4, -0.2) is 37.4 Å². The van der Waals surface area contributed by atoms with Crippen LogP contribution in [0.3, 0.4) is 0 Å². The number of piperidine rings is 1. The number of hydrogen-bond acceptors (Lipinski definition) is 3. The monoisotopic (exact) mass is 261 g/mol. The van der Waals surface area contributed by atoms with E-state index in [1.165, 1.54) is 19.5 Å². The van der Waals surface area contributed by atoms with Gasteiger partial charge in [-0.05, 0) is 42.5 Å². The van der Waals surface area contributed by atoms with Crippen molar-refractivity contribution in [1.82, 2.24) is 4.90 Å². The van der Waals surface area contributed by atoms with Crippen molar-refractivity contribution < 1.29 is 9.53 Å². The zero-order valence-corrected chi connectivity index (χ0v) is 11.8. The number of ether oxygens (including phenoxy) is 1. The molecule has 1 aliphatic heterocycles. The molecule has 1 aromatic rings.